The molecular weight excluding hydrogens is 473 g/mol. The summed E-state index contributed by atoms with van der Waals surface area (Å²) in [6.07, 6.45) is -3.34. The van der Waals surface area contributed by atoms with Gasteiger partial charge in [0.05, 0.1) is 40.4 Å². The largest absolute Gasteiger partial charge is 0.493 e. The van der Waals surface area contributed by atoms with Crippen molar-refractivity contribution in [1.29, 1.82) is 0 Å². The fourth-order valence-corrected chi connectivity index (χ4v) is 3.61. The normalized spacial score (nSPS) is 13.3. The van der Waals surface area contributed by atoms with E-state index >= 15 is 0 Å². The van der Waals surface area contributed by atoms with Crippen molar-refractivity contribution in [3.63, 3.8) is 0 Å². The van der Waals surface area contributed by atoms with Crippen LogP contribution in [0.2, 0.25) is 0 Å². The molecule has 0 aliphatic rings. The van der Waals surface area contributed by atoms with E-state index in [-0.39, 0.29) is 39.4 Å². The Morgan fingerprint density at radius 1 is 1.19 bits per heavy atom. The summed E-state index contributed by atoms with van der Waals surface area (Å²) in [6, 6.07) is 5.01. The Morgan fingerprint density at radius 2 is 1.94 bits per heavy atom. The van der Waals surface area contributed by atoms with Crippen LogP contribution < -0.4 is 14.2 Å². The van der Waals surface area contributed by atoms with Crippen LogP contribution in [0.5, 0.6) is 17.2 Å². The topological polar surface area (TPSA) is 86.3 Å². The number of halogens is 6. The maximum Gasteiger partial charge on any atom is 0.487 e. The molecule has 1 N–H and O–H groups in total. The summed E-state index contributed by atoms with van der Waals surface area (Å²) in [7, 11) is -0.663. The third-order valence-electron chi connectivity index (χ3n) is 3.69. The number of aromatic amines is 1. The van der Waals surface area contributed by atoms with Gasteiger partial charge in [-0.25, -0.2) is 4.98 Å². The van der Waals surface area contributed by atoms with Crippen LogP contribution in [0, 0.1) is 0 Å². The molecule has 0 saturated heterocycles. The maximum absolute atomic E-state index is 12.8. The van der Waals surface area contributed by atoms with E-state index in [2.05, 4.69) is 19.7 Å². The molecule has 31 heavy (non-hydrogen) atoms. The van der Waals surface area contributed by atoms with E-state index < -0.39 is 29.2 Å². The summed E-state index contributed by atoms with van der Waals surface area (Å²) >= 11 is 4.73. The summed E-state index contributed by atoms with van der Waals surface area (Å²) < 4.78 is 90.1. The monoisotopic (exact) mass is 485 g/mol. The summed E-state index contributed by atoms with van der Waals surface area (Å²) in [5.41, 5.74) is -3.44. The molecule has 0 spiro atoms. The van der Waals surface area contributed by atoms with Crippen molar-refractivity contribution in [1.82, 2.24) is 15.0 Å². The minimum atomic E-state index is -4.60. The van der Waals surface area contributed by atoms with Gasteiger partial charge >= 0.3 is 11.7 Å². The molecule has 1 aromatic carbocycles. The lowest BCUT2D eigenvalue weighted by molar-refractivity contribution is -0.153. The molecule has 2 heterocycles. The number of methoxy groups -OCH3 is 1. The van der Waals surface area contributed by atoms with E-state index in [1.807, 2.05) is 0 Å². The van der Waals surface area contributed by atoms with E-state index in [0.717, 1.165) is 0 Å². The van der Waals surface area contributed by atoms with Crippen molar-refractivity contribution in [2.45, 2.75) is 22.7 Å². The van der Waals surface area contributed by atoms with Crippen molar-refractivity contribution in [3.8, 4) is 17.2 Å². The van der Waals surface area contributed by atoms with E-state index in [1.54, 1.807) is 0 Å². The number of benzene rings is 1. The fraction of sp³-hybridized carbons (Fsp3) is 0.294. The van der Waals surface area contributed by atoms with Gasteiger partial charge in [-0.3, -0.25) is 9.19 Å². The second kappa shape index (κ2) is 8.83. The second-order valence-electron chi connectivity index (χ2n) is 5.95. The molecular formula is C17H13ClF5N3O4S. The Morgan fingerprint density at radius 3 is 2.58 bits per heavy atom. The molecule has 168 valence electrons. The highest BCUT2D eigenvalue weighted by Gasteiger charge is 2.30. The first-order valence-electron chi connectivity index (χ1n) is 8.30. The fourth-order valence-electron chi connectivity index (χ4n) is 2.51. The second-order valence-corrected chi connectivity index (χ2v) is 7.76. The molecule has 1 unspecified atom stereocenters. The molecule has 0 aliphatic heterocycles. The highest BCUT2D eigenvalue weighted by Crippen LogP contribution is 2.33. The van der Waals surface area contributed by atoms with Gasteiger partial charge in [0.1, 0.15) is 5.75 Å². The first kappa shape index (κ1) is 23.0. The van der Waals surface area contributed by atoms with Crippen molar-refractivity contribution in [2.24, 2.45) is 0 Å². The minimum absolute atomic E-state index is 0.0142. The van der Waals surface area contributed by atoms with E-state index in [4.69, 9.17) is 21.1 Å². The number of nitrogens with one attached hydrogen (secondary N) is 1. The molecule has 0 aliphatic carbocycles. The van der Waals surface area contributed by atoms with Crippen molar-refractivity contribution >= 4 is 33.4 Å². The standard InChI is InChI=1S/C17H13ClF5N3O4S/c1-28-13-4-5-24-12(14(13)29-8-16(19,20)21)7-31(27)15-25-10-3-2-9(6-11(10)26-15)30-17(18,22)23/h2-6H,7-8H2,1H3,(H,25,26). The van der Waals surface area contributed by atoms with E-state index in [1.165, 1.54) is 37.6 Å². The smallest absolute Gasteiger partial charge is 0.487 e. The third-order valence-corrected chi connectivity index (χ3v) is 4.93. The van der Waals surface area contributed by atoms with Gasteiger partial charge in [-0.05, 0) is 12.1 Å². The van der Waals surface area contributed by atoms with Crippen molar-refractivity contribution in [2.75, 3.05) is 13.7 Å². The number of aromatic nitrogens is 3. The number of H-pyrrole nitrogens is 1. The zero-order valence-electron chi connectivity index (χ0n) is 15.5. The van der Waals surface area contributed by atoms with Gasteiger partial charge in [-0.1, -0.05) is 0 Å². The number of rotatable bonds is 8. The number of nitrogens with zero attached hydrogens (tertiary/aromatic N) is 2. The van der Waals surface area contributed by atoms with Gasteiger partial charge in [0.15, 0.2) is 23.3 Å². The molecule has 0 fully saturated rings. The van der Waals surface area contributed by atoms with Gasteiger partial charge in [-0.15, -0.1) is 8.78 Å². The van der Waals surface area contributed by atoms with Crippen LogP contribution in [-0.2, 0) is 16.6 Å². The maximum atomic E-state index is 12.8. The van der Waals surface area contributed by atoms with Gasteiger partial charge < -0.3 is 19.2 Å². The zero-order valence-corrected chi connectivity index (χ0v) is 17.1. The quantitative estimate of drug-likeness (QED) is 0.376. The number of imidazole rings is 1. The molecule has 0 amide bonds. The minimum Gasteiger partial charge on any atom is -0.493 e. The van der Waals surface area contributed by atoms with Crippen molar-refractivity contribution in [3.05, 3.63) is 36.2 Å². The lowest BCUT2D eigenvalue weighted by Crippen LogP contribution is -2.20. The Hall–Kier alpha value is -2.67. The Kier molecular flexibility index (Phi) is 6.55. The molecule has 0 bridgehead atoms. The van der Waals surface area contributed by atoms with Crippen LogP contribution >= 0.6 is 11.6 Å². The van der Waals surface area contributed by atoms with Crippen LogP contribution in [0.3, 0.4) is 0 Å². The Labute approximate surface area is 178 Å². The molecule has 0 saturated carbocycles. The zero-order chi connectivity index (χ0) is 22.8. The lowest BCUT2D eigenvalue weighted by atomic mass is 10.3. The predicted molar refractivity (Wildman–Crippen MR) is 100.0 cm³/mol. The number of ether oxygens (including phenoxy) is 3. The number of fused-ring (bicyclic) bond motifs is 1. The SMILES string of the molecule is COc1ccnc(CS(=O)c2nc3ccc(OC(F)(F)Cl)cc3[nH]2)c1OCC(F)(F)F. The predicted octanol–water partition coefficient (Wildman–Crippen LogP) is 4.38. The van der Waals surface area contributed by atoms with Crippen LogP contribution in [-0.4, -0.2) is 44.6 Å². The van der Waals surface area contributed by atoms with Gasteiger partial charge in [0.2, 0.25) is 0 Å². The Bertz CT molecular complexity index is 1100. The van der Waals surface area contributed by atoms with Gasteiger partial charge in [0, 0.05) is 29.9 Å². The van der Waals surface area contributed by atoms with Crippen LogP contribution in [0.4, 0.5) is 22.0 Å². The summed E-state index contributed by atoms with van der Waals surface area (Å²) in [5, 5.41) is -0.0591. The van der Waals surface area contributed by atoms with Crippen LogP contribution in [0.25, 0.3) is 11.0 Å². The molecule has 14 heteroatoms. The summed E-state index contributed by atoms with van der Waals surface area (Å²) in [5.74, 6) is -0.926. The summed E-state index contributed by atoms with van der Waals surface area (Å²) in [4.78, 5) is 10.7. The first-order valence-corrected chi connectivity index (χ1v) is 10.00. The summed E-state index contributed by atoms with van der Waals surface area (Å²) in [6.45, 7) is -1.59. The van der Waals surface area contributed by atoms with E-state index in [0.29, 0.717) is 5.52 Å². The average Bonchev–Trinajstić information content (AvgIpc) is 3.08. The van der Waals surface area contributed by atoms with Crippen molar-refractivity contribution < 1.29 is 40.4 Å². The average molecular weight is 486 g/mol. The highest BCUT2D eigenvalue weighted by atomic mass is 35.5. The number of hydrogen-bond acceptors (Lipinski definition) is 6. The van der Waals surface area contributed by atoms with Crippen LogP contribution in [0.15, 0.2) is 35.6 Å². The molecule has 1 atom stereocenters. The van der Waals surface area contributed by atoms with Crippen LogP contribution in [0.1, 0.15) is 5.69 Å². The number of pyridine rings is 1. The lowest BCUT2D eigenvalue weighted by Gasteiger charge is -2.15. The third kappa shape index (κ3) is 6.17. The highest BCUT2D eigenvalue weighted by molar-refractivity contribution is 7.84. The van der Waals surface area contributed by atoms with E-state index in [9.17, 15) is 26.2 Å². The Balaban J connectivity index is 1.85. The number of alkyl halides is 6. The molecule has 0 radical (unpaired) electrons. The molecule has 2 aromatic heterocycles. The number of hydrogen-bond donors (Lipinski definition) is 1. The van der Waals surface area contributed by atoms with Gasteiger partial charge in [-0.2, -0.15) is 13.2 Å². The van der Waals surface area contributed by atoms with Gasteiger partial charge in [0.25, 0.3) is 0 Å². The first-order chi connectivity index (χ1) is 14.4. The molecule has 3 aromatic rings. The molecule has 3 rings (SSSR count). The molecule has 7 nitrogen and oxygen atoms in total.